The number of rotatable bonds is 4. The molecule has 1 aromatic carbocycles. The summed E-state index contributed by atoms with van der Waals surface area (Å²) in [5.74, 6) is 0.661. The zero-order valence-electron chi connectivity index (χ0n) is 13.6. The summed E-state index contributed by atoms with van der Waals surface area (Å²) in [7, 11) is 0. The van der Waals surface area contributed by atoms with Gasteiger partial charge < -0.3 is 0 Å². The van der Waals surface area contributed by atoms with Crippen molar-refractivity contribution in [1.82, 2.24) is 25.0 Å². The molecule has 0 fully saturated rings. The molecule has 0 unspecified atom stereocenters. The molecule has 0 aliphatic heterocycles. The third-order valence-electron chi connectivity index (χ3n) is 3.52. The molecule has 0 aliphatic carbocycles. The molecule has 0 spiro atoms. The van der Waals surface area contributed by atoms with Crippen LogP contribution in [0.15, 0.2) is 41.6 Å². The van der Waals surface area contributed by atoms with E-state index in [9.17, 15) is 5.26 Å². The van der Waals surface area contributed by atoms with Gasteiger partial charge in [-0.3, -0.25) is 0 Å². The number of nitrogens with zero attached hydrogens (tertiary/aromatic N) is 6. The molecule has 24 heavy (non-hydrogen) atoms. The lowest BCUT2D eigenvalue weighted by Gasteiger charge is -2.10. The normalized spacial score (nSPS) is 11.9. The topological polar surface area (TPSA) is 80.3 Å². The Morgan fingerprint density at radius 3 is 2.62 bits per heavy atom. The predicted octanol–water partition coefficient (Wildman–Crippen LogP) is 3.40. The zero-order valence-corrected chi connectivity index (χ0v) is 14.4. The Morgan fingerprint density at radius 2 is 1.92 bits per heavy atom. The van der Waals surface area contributed by atoms with Gasteiger partial charge in [-0.15, -0.1) is 5.10 Å². The molecule has 2 aromatic heterocycles. The van der Waals surface area contributed by atoms with Crippen LogP contribution in [0.5, 0.6) is 0 Å². The van der Waals surface area contributed by atoms with Crippen LogP contribution in [-0.2, 0) is 0 Å². The summed E-state index contributed by atoms with van der Waals surface area (Å²) in [6, 6.07) is 12.0. The van der Waals surface area contributed by atoms with E-state index in [0.29, 0.717) is 22.1 Å². The van der Waals surface area contributed by atoms with Gasteiger partial charge in [0, 0.05) is 0 Å². The molecular formula is C17H16N6S. The van der Waals surface area contributed by atoms with Crippen LogP contribution in [0.25, 0.3) is 5.69 Å². The molecule has 0 N–H and O–H groups in total. The molecule has 0 saturated heterocycles. The lowest BCUT2D eigenvalue weighted by atomic mass is 10.3. The van der Waals surface area contributed by atoms with Crippen molar-refractivity contribution in [1.29, 1.82) is 5.26 Å². The quantitative estimate of drug-likeness (QED) is 0.536. The van der Waals surface area contributed by atoms with Gasteiger partial charge in [-0.2, -0.15) is 5.26 Å². The number of aromatic nitrogens is 5. The van der Waals surface area contributed by atoms with E-state index in [1.54, 1.807) is 4.68 Å². The smallest absolute Gasteiger partial charge is 0.126 e. The third-order valence-corrected chi connectivity index (χ3v) is 4.63. The van der Waals surface area contributed by atoms with Crippen LogP contribution in [0, 0.1) is 25.2 Å². The standard InChI is InChI=1S/C17H16N6S/c1-11-15(9-18)17(20-13(3)19-11)24-12(2)16-10-23(22-21-16)14-7-5-4-6-8-14/h4-8,10,12H,1-3H3/t12-/m1/s1. The molecular weight excluding hydrogens is 320 g/mol. The molecule has 0 aliphatic rings. The molecule has 1 atom stereocenters. The lowest BCUT2D eigenvalue weighted by molar-refractivity contribution is 0.797. The minimum absolute atomic E-state index is 0.0169. The van der Waals surface area contributed by atoms with Crippen molar-refractivity contribution < 1.29 is 0 Å². The Morgan fingerprint density at radius 1 is 1.17 bits per heavy atom. The van der Waals surface area contributed by atoms with Gasteiger partial charge >= 0.3 is 0 Å². The first-order valence-corrected chi connectivity index (χ1v) is 8.36. The van der Waals surface area contributed by atoms with E-state index in [0.717, 1.165) is 11.4 Å². The summed E-state index contributed by atoms with van der Waals surface area (Å²) in [4.78, 5) is 8.66. The summed E-state index contributed by atoms with van der Waals surface area (Å²) in [6.07, 6.45) is 1.90. The largest absolute Gasteiger partial charge is 0.237 e. The molecule has 120 valence electrons. The maximum Gasteiger partial charge on any atom is 0.126 e. The highest BCUT2D eigenvalue weighted by Gasteiger charge is 2.17. The van der Waals surface area contributed by atoms with Gasteiger partial charge in [0.05, 0.1) is 28.5 Å². The monoisotopic (exact) mass is 336 g/mol. The summed E-state index contributed by atoms with van der Waals surface area (Å²) in [5, 5.41) is 18.5. The van der Waals surface area contributed by atoms with Crippen molar-refractivity contribution in [3.05, 3.63) is 59.3 Å². The number of hydrogen-bond acceptors (Lipinski definition) is 6. The molecule has 0 saturated carbocycles. The molecule has 6 nitrogen and oxygen atoms in total. The molecule has 0 radical (unpaired) electrons. The van der Waals surface area contributed by atoms with Crippen molar-refractivity contribution in [2.24, 2.45) is 0 Å². The summed E-state index contributed by atoms with van der Waals surface area (Å²) in [5.41, 5.74) is 3.02. The second kappa shape index (κ2) is 6.81. The van der Waals surface area contributed by atoms with E-state index < -0.39 is 0 Å². The number of aryl methyl sites for hydroxylation is 2. The summed E-state index contributed by atoms with van der Waals surface area (Å²) >= 11 is 1.50. The van der Waals surface area contributed by atoms with E-state index in [1.807, 2.05) is 57.3 Å². The summed E-state index contributed by atoms with van der Waals surface area (Å²) in [6.45, 7) is 5.68. The van der Waals surface area contributed by atoms with Crippen molar-refractivity contribution in [3.8, 4) is 11.8 Å². The van der Waals surface area contributed by atoms with Gasteiger partial charge in [0.1, 0.15) is 22.5 Å². The Balaban J connectivity index is 1.85. The van der Waals surface area contributed by atoms with Crippen LogP contribution in [-0.4, -0.2) is 25.0 Å². The Kier molecular flexibility index (Phi) is 4.58. The first kappa shape index (κ1) is 16.1. The summed E-state index contributed by atoms with van der Waals surface area (Å²) < 4.78 is 1.74. The third kappa shape index (κ3) is 3.29. The molecule has 3 aromatic rings. The highest BCUT2D eigenvalue weighted by Crippen LogP contribution is 2.35. The van der Waals surface area contributed by atoms with Gasteiger partial charge in [-0.05, 0) is 32.9 Å². The zero-order chi connectivity index (χ0) is 17.1. The van der Waals surface area contributed by atoms with Gasteiger partial charge in [0.15, 0.2) is 0 Å². The van der Waals surface area contributed by atoms with Crippen LogP contribution < -0.4 is 0 Å². The highest BCUT2D eigenvalue weighted by molar-refractivity contribution is 7.99. The first-order valence-electron chi connectivity index (χ1n) is 7.48. The number of benzene rings is 1. The molecule has 0 bridgehead atoms. The van der Waals surface area contributed by atoms with Crippen LogP contribution in [0.3, 0.4) is 0 Å². The van der Waals surface area contributed by atoms with Gasteiger partial charge in [0.2, 0.25) is 0 Å². The second-order valence-electron chi connectivity index (χ2n) is 5.33. The second-order valence-corrected chi connectivity index (χ2v) is 6.66. The molecule has 0 amide bonds. The van der Waals surface area contributed by atoms with E-state index in [-0.39, 0.29) is 5.25 Å². The maximum absolute atomic E-state index is 9.35. The average Bonchev–Trinajstić information content (AvgIpc) is 3.05. The van der Waals surface area contributed by atoms with Crippen molar-refractivity contribution in [3.63, 3.8) is 0 Å². The fraction of sp³-hybridized carbons (Fsp3) is 0.235. The van der Waals surface area contributed by atoms with Crippen LogP contribution in [0.2, 0.25) is 0 Å². The minimum Gasteiger partial charge on any atom is -0.237 e. The van der Waals surface area contributed by atoms with E-state index >= 15 is 0 Å². The Hall–Kier alpha value is -2.72. The molecule has 2 heterocycles. The van der Waals surface area contributed by atoms with Crippen LogP contribution >= 0.6 is 11.8 Å². The predicted molar refractivity (Wildman–Crippen MR) is 91.9 cm³/mol. The number of hydrogen-bond donors (Lipinski definition) is 0. The molecule has 7 heteroatoms. The average molecular weight is 336 g/mol. The number of nitriles is 1. The number of para-hydroxylation sites is 1. The SMILES string of the molecule is Cc1nc(C)c(C#N)c(S[C@H](C)c2cn(-c3ccccc3)nn2)n1. The van der Waals surface area contributed by atoms with Gasteiger partial charge in [0.25, 0.3) is 0 Å². The van der Waals surface area contributed by atoms with Crippen molar-refractivity contribution in [2.45, 2.75) is 31.0 Å². The van der Waals surface area contributed by atoms with Gasteiger partial charge in [-0.1, -0.05) is 35.2 Å². The fourth-order valence-corrected chi connectivity index (χ4v) is 3.35. The highest BCUT2D eigenvalue weighted by atomic mass is 32.2. The Bertz CT molecular complexity index is 897. The van der Waals surface area contributed by atoms with E-state index in [2.05, 4.69) is 26.3 Å². The number of thioether (sulfide) groups is 1. The molecule has 3 rings (SSSR count). The first-order chi connectivity index (χ1) is 11.6. The Labute approximate surface area is 144 Å². The fourth-order valence-electron chi connectivity index (χ4n) is 2.29. The van der Waals surface area contributed by atoms with Gasteiger partial charge in [-0.25, -0.2) is 14.6 Å². The van der Waals surface area contributed by atoms with Crippen molar-refractivity contribution >= 4 is 11.8 Å². The van der Waals surface area contributed by atoms with Crippen LogP contribution in [0.1, 0.15) is 34.9 Å². The minimum atomic E-state index is 0.0169. The van der Waals surface area contributed by atoms with Crippen molar-refractivity contribution in [2.75, 3.05) is 0 Å². The maximum atomic E-state index is 9.35. The van der Waals surface area contributed by atoms with Crippen LogP contribution in [0.4, 0.5) is 0 Å². The lowest BCUT2D eigenvalue weighted by Crippen LogP contribution is -2.00. The van der Waals surface area contributed by atoms with E-state index in [1.165, 1.54) is 11.8 Å². The van der Waals surface area contributed by atoms with E-state index in [4.69, 9.17) is 0 Å².